The highest BCUT2D eigenvalue weighted by Gasteiger charge is 2.32. The molecule has 0 spiro atoms. The zero-order valence-corrected chi connectivity index (χ0v) is 17.8. The predicted molar refractivity (Wildman–Crippen MR) is 127 cm³/mol. The van der Waals surface area contributed by atoms with Crippen molar-refractivity contribution in [3.63, 3.8) is 0 Å². The molecule has 1 aliphatic rings. The maximum Gasteiger partial charge on any atom is 0.248 e. The molecule has 3 aromatic carbocycles. The number of nitrogens with zero attached hydrogens (tertiary/aromatic N) is 3. The first-order valence-electron chi connectivity index (χ1n) is 10.8. The summed E-state index contributed by atoms with van der Waals surface area (Å²) in [6.07, 6.45) is 2.11. The first kappa shape index (κ1) is 20.7. The van der Waals surface area contributed by atoms with E-state index in [0.717, 1.165) is 22.0 Å². The Kier molecular flexibility index (Phi) is 5.45. The van der Waals surface area contributed by atoms with Crippen molar-refractivity contribution in [3.8, 4) is 6.07 Å². The first-order chi connectivity index (χ1) is 16.2. The van der Waals surface area contributed by atoms with Crippen LogP contribution in [0.15, 0.2) is 84.0 Å². The Hall–Kier alpha value is -4.24. The topological polar surface area (TPSA) is 72.2 Å². The standard InChI is InChI=1S/C27H21FN4O/c28-22-11-4-1-9-19(22)26(21-16-30-23-12-5-2-8-18(21)23)27-20-10-3-6-13-24(20)32(15-7-14-29)25(33)17-31-27/h1-6,8-13,16,26,30H,7,15,17H2/t26-/m0/s1. The molecule has 162 valence electrons. The lowest BCUT2D eigenvalue weighted by atomic mass is 9.83. The largest absolute Gasteiger partial charge is 0.361 e. The Balaban J connectivity index is 1.75. The maximum atomic E-state index is 15.2. The number of hydrogen-bond donors (Lipinski definition) is 1. The zero-order chi connectivity index (χ0) is 22.8. The molecule has 0 fully saturated rings. The summed E-state index contributed by atoms with van der Waals surface area (Å²) in [6.45, 7) is 0.218. The van der Waals surface area contributed by atoms with Crippen LogP contribution in [0.25, 0.3) is 10.9 Å². The lowest BCUT2D eigenvalue weighted by Gasteiger charge is -2.24. The molecule has 1 N–H and O–H groups in total. The third kappa shape index (κ3) is 3.68. The van der Waals surface area contributed by atoms with Crippen LogP contribution in [-0.2, 0) is 4.79 Å². The van der Waals surface area contributed by atoms with Gasteiger partial charge in [-0.2, -0.15) is 5.26 Å². The lowest BCUT2D eigenvalue weighted by Crippen LogP contribution is -2.33. The highest BCUT2D eigenvalue weighted by molar-refractivity contribution is 6.16. The molecular weight excluding hydrogens is 415 g/mol. The number of para-hydroxylation sites is 2. The summed E-state index contributed by atoms with van der Waals surface area (Å²) in [5.74, 6) is -1.03. The second-order valence-electron chi connectivity index (χ2n) is 7.92. The van der Waals surface area contributed by atoms with Crippen LogP contribution >= 0.6 is 0 Å². The molecule has 1 aromatic heterocycles. The molecule has 5 nitrogen and oxygen atoms in total. The number of halogens is 1. The monoisotopic (exact) mass is 436 g/mol. The normalized spacial score (nSPS) is 14.4. The van der Waals surface area contributed by atoms with Crippen LogP contribution in [0.1, 0.15) is 29.0 Å². The Bertz CT molecular complexity index is 1410. The van der Waals surface area contributed by atoms with Gasteiger partial charge >= 0.3 is 0 Å². The molecule has 33 heavy (non-hydrogen) atoms. The molecule has 2 heterocycles. The highest BCUT2D eigenvalue weighted by atomic mass is 19.1. The number of nitriles is 1. The van der Waals surface area contributed by atoms with Gasteiger partial charge in [-0.05, 0) is 23.8 Å². The average Bonchev–Trinajstić information content (AvgIpc) is 3.21. The van der Waals surface area contributed by atoms with Crippen molar-refractivity contribution in [2.45, 2.75) is 12.3 Å². The zero-order valence-electron chi connectivity index (χ0n) is 17.8. The fraction of sp³-hybridized carbons (Fsp3) is 0.148. The summed E-state index contributed by atoms with van der Waals surface area (Å²) >= 11 is 0. The highest BCUT2D eigenvalue weighted by Crippen LogP contribution is 2.38. The number of aromatic amines is 1. The van der Waals surface area contributed by atoms with Crippen LogP contribution in [0, 0.1) is 17.1 Å². The Morgan fingerprint density at radius 1 is 1.03 bits per heavy atom. The Morgan fingerprint density at radius 2 is 1.79 bits per heavy atom. The minimum absolute atomic E-state index is 0.0667. The minimum atomic E-state index is -0.521. The van der Waals surface area contributed by atoms with Gasteiger partial charge < -0.3 is 9.88 Å². The molecule has 5 rings (SSSR count). The van der Waals surface area contributed by atoms with Crippen LogP contribution in [0.5, 0.6) is 0 Å². The fourth-order valence-electron chi connectivity index (χ4n) is 4.54. The number of nitrogens with one attached hydrogen (secondary N) is 1. The molecule has 0 saturated carbocycles. The van der Waals surface area contributed by atoms with Crippen molar-refractivity contribution in [2.75, 3.05) is 18.0 Å². The van der Waals surface area contributed by atoms with Gasteiger partial charge in [0, 0.05) is 34.8 Å². The van der Waals surface area contributed by atoms with Gasteiger partial charge in [0.15, 0.2) is 0 Å². The van der Waals surface area contributed by atoms with E-state index in [4.69, 9.17) is 10.3 Å². The van der Waals surface area contributed by atoms with Gasteiger partial charge in [0.05, 0.1) is 29.8 Å². The minimum Gasteiger partial charge on any atom is -0.361 e. The number of hydrogen-bond acceptors (Lipinski definition) is 3. The molecule has 0 bridgehead atoms. The number of amides is 1. The van der Waals surface area contributed by atoms with Crippen molar-refractivity contribution in [2.24, 2.45) is 4.99 Å². The van der Waals surface area contributed by atoms with Gasteiger partial charge in [-0.1, -0.05) is 54.6 Å². The number of aromatic nitrogens is 1. The molecule has 0 unspecified atom stereocenters. The molecule has 0 radical (unpaired) electrons. The maximum absolute atomic E-state index is 15.2. The van der Waals surface area contributed by atoms with E-state index in [2.05, 4.69) is 11.1 Å². The SMILES string of the molecule is N#CCCN1C(=O)CN=C([C@@H](c2ccccc2F)c2c[nH]c3ccccc23)c2ccccc21. The van der Waals surface area contributed by atoms with Crippen molar-refractivity contribution >= 4 is 28.2 Å². The number of H-pyrrole nitrogens is 1. The van der Waals surface area contributed by atoms with Gasteiger partial charge in [-0.3, -0.25) is 9.79 Å². The molecular formula is C27H21FN4O. The average molecular weight is 436 g/mol. The molecule has 6 heteroatoms. The fourth-order valence-corrected chi connectivity index (χ4v) is 4.54. The summed E-state index contributed by atoms with van der Waals surface area (Å²) < 4.78 is 15.2. The van der Waals surface area contributed by atoms with E-state index in [9.17, 15) is 4.79 Å². The van der Waals surface area contributed by atoms with Gasteiger partial charge in [0.2, 0.25) is 5.91 Å². The van der Waals surface area contributed by atoms with Crippen LogP contribution in [-0.4, -0.2) is 29.7 Å². The van der Waals surface area contributed by atoms with E-state index in [1.165, 1.54) is 6.07 Å². The summed E-state index contributed by atoms with van der Waals surface area (Å²) in [4.78, 5) is 22.6. The molecule has 0 aliphatic carbocycles. The quantitative estimate of drug-likeness (QED) is 0.468. The van der Waals surface area contributed by atoms with Crippen molar-refractivity contribution in [1.82, 2.24) is 4.98 Å². The van der Waals surface area contributed by atoms with Crippen LogP contribution < -0.4 is 4.90 Å². The van der Waals surface area contributed by atoms with Gasteiger partial charge in [-0.15, -0.1) is 0 Å². The molecule has 1 atom stereocenters. The second kappa shape index (κ2) is 8.71. The van der Waals surface area contributed by atoms with Gasteiger partial charge in [0.1, 0.15) is 12.4 Å². The van der Waals surface area contributed by atoms with E-state index in [1.807, 2.05) is 60.8 Å². The molecule has 1 aliphatic heterocycles. The van der Waals surface area contributed by atoms with Crippen LogP contribution in [0.3, 0.4) is 0 Å². The predicted octanol–water partition coefficient (Wildman–Crippen LogP) is 5.19. The number of rotatable bonds is 5. The van der Waals surface area contributed by atoms with Crippen molar-refractivity contribution < 1.29 is 9.18 Å². The van der Waals surface area contributed by atoms with Gasteiger partial charge in [0.25, 0.3) is 0 Å². The Morgan fingerprint density at radius 3 is 2.64 bits per heavy atom. The summed E-state index contributed by atoms with van der Waals surface area (Å²) in [7, 11) is 0. The first-order valence-corrected chi connectivity index (χ1v) is 10.8. The third-order valence-corrected chi connectivity index (χ3v) is 6.03. The summed E-state index contributed by atoms with van der Waals surface area (Å²) in [5.41, 5.74) is 4.42. The van der Waals surface area contributed by atoms with Crippen LogP contribution in [0.2, 0.25) is 0 Å². The molecule has 1 amide bonds. The number of benzodiazepines with no additional fused rings is 1. The second-order valence-corrected chi connectivity index (χ2v) is 7.92. The third-order valence-electron chi connectivity index (χ3n) is 6.03. The van der Waals surface area contributed by atoms with E-state index in [-0.39, 0.29) is 31.2 Å². The number of benzene rings is 3. The number of anilines is 1. The van der Waals surface area contributed by atoms with Crippen LogP contribution in [0.4, 0.5) is 10.1 Å². The smallest absolute Gasteiger partial charge is 0.248 e. The Labute approximate surface area is 190 Å². The number of carbonyl (C=O) groups excluding carboxylic acids is 1. The number of fused-ring (bicyclic) bond motifs is 2. The van der Waals surface area contributed by atoms with E-state index >= 15 is 4.39 Å². The lowest BCUT2D eigenvalue weighted by molar-refractivity contribution is -0.117. The molecule has 0 saturated heterocycles. The summed E-state index contributed by atoms with van der Waals surface area (Å²) in [6, 6.07) is 24.2. The van der Waals surface area contributed by atoms with Crippen molar-refractivity contribution in [1.29, 1.82) is 5.26 Å². The number of carbonyl (C=O) groups is 1. The number of aliphatic imine (C=N–C) groups is 1. The van der Waals surface area contributed by atoms with E-state index < -0.39 is 5.92 Å². The van der Waals surface area contributed by atoms with E-state index in [1.54, 1.807) is 17.0 Å². The van der Waals surface area contributed by atoms with E-state index in [0.29, 0.717) is 17.0 Å². The van der Waals surface area contributed by atoms with Crippen molar-refractivity contribution in [3.05, 3.63) is 102 Å². The summed E-state index contributed by atoms with van der Waals surface area (Å²) in [5, 5.41) is 10.1. The molecule has 4 aromatic rings. The van der Waals surface area contributed by atoms with Gasteiger partial charge in [-0.25, -0.2) is 4.39 Å².